The number of carbonyl (C=O) groups is 2. The minimum absolute atomic E-state index is 0.156. The summed E-state index contributed by atoms with van der Waals surface area (Å²) in [4.78, 5) is 23.3. The summed E-state index contributed by atoms with van der Waals surface area (Å²) in [7, 11) is 0. The molecule has 2 amide bonds. The van der Waals surface area contributed by atoms with Crippen molar-refractivity contribution in [1.82, 2.24) is 10.2 Å². The standard InChI is InChI=1S/C18H16N4O2S2/c1-12(23)19-15-9-7-14(8-10-15)16(24)20-17-21-22-18(26-17)25-11-13-5-3-2-4-6-13/h2-10H,11H2,1H3,(H,19,23)(H,20,21,24). The van der Waals surface area contributed by atoms with Crippen molar-refractivity contribution < 1.29 is 9.59 Å². The molecule has 2 aromatic carbocycles. The van der Waals surface area contributed by atoms with Crippen molar-refractivity contribution in [3.8, 4) is 0 Å². The Hall–Kier alpha value is -2.71. The maximum atomic E-state index is 12.3. The normalized spacial score (nSPS) is 10.3. The van der Waals surface area contributed by atoms with Gasteiger partial charge < -0.3 is 5.32 Å². The van der Waals surface area contributed by atoms with Gasteiger partial charge in [0.15, 0.2) is 4.34 Å². The zero-order valence-electron chi connectivity index (χ0n) is 13.9. The Morgan fingerprint density at radius 1 is 1.00 bits per heavy atom. The molecule has 3 aromatic rings. The fraction of sp³-hybridized carbons (Fsp3) is 0.111. The van der Waals surface area contributed by atoms with E-state index >= 15 is 0 Å². The predicted molar refractivity (Wildman–Crippen MR) is 105 cm³/mol. The molecule has 0 atom stereocenters. The summed E-state index contributed by atoms with van der Waals surface area (Å²) in [6.07, 6.45) is 0. The number of rotatable bonds is 6. The van der Waals surface area contributed by atoms with Crippen LogP contribution < -0.4 is 10.6 Å². The predicted octanol–water partition coefficient (Wildman–Crippen LogP) is 4.04. The summed E-state index contributed by atoms with van der Waals surface area (Å²) < 4.78 is 0.796. The maximum Gasteiger partial charge on any atom is 0.257 e. The van der Waals surface area contributed by atoms with E-state index in [1.54, 1.807) is 36.0 Å². The van der Waals surface area contributed by atoms with Crippen LogP contribution in [0.25, 0.3) is 0 Å². The first kappa shape index (κ1) is 18.1. The third kappa shape index (κ3) is 5.14. The number of nitrogens with zero attached hydrogens (tertiary/aromatic N) is 2. The van der Waals surface area contributed by atoms with E-state index in [2.05, 4.69) is 33.0 Å². The number of aromatic nitrogens is 2. The molecule has 0 radical (unpaired) electrons. The number of amides is 2. The third-order valence-electron chi connectivity index (χ3n) is 3.30. The number of hydrogen-bond acceptors (Lipinski definition) is 6. The van der Waals surface area contributed by atoms with E-state index < -0.39 is 0 Å². The second kappa shape index (κ2) is 8.59. The molecule has 1 heterocycles. The molecule has 0 aliphatic carbocycles. The molecule has 0 aliphatic rings. The van der Waals surface area contributed by atoms with E-state index in [0.717, 1.165) is 10.1 Å². The number of thioether (sulfide) groups is 1. The van der Waals surface area contributed by atoms with Gasteiger partial charge in [-0.05, 0) is 29.8 Å². The Bertz CT molecular complexity index is 895. The zero-order chi connectivity index (χ0) is 18.4. The molecule has 0 saturated heterocycles. The largest absolute Gasteiger partial charge is 0.326 e. The van der Waals surface area contributed by atoms with Gasteiger partial charge in [0, 0.05) is 23.9 Å². The quantitative estimate of drug-likeness (QED) is 0.495. The Kier molecular flexibility index (Phi) is 5.98. The van der Waals surface area contributed by atoms with Crippen LogP contribution in [0.5, 0.6) is 0 Å². The van der Waals surface area contributed by atoms with Crippen molar-refractivity contribution in [2.75, 3.05) is 10.6 Å². The average Bonchev–Trinajstić information content (AvgIpc) is 3.08. The van der Waals surface area contributed by atoms with E-state index in [0.29, 0.717) is 16.4 Å². The van der Waals surface area contributed by atoms with Crippen LogP contribution in [0.1, 0.15) is 22.8 Å². The van der Waals surface area contributed by atoms with Crippen LogP contribution >= 0.6 is 23.1 Å². The summed E-state index contributed by atoms with van der Waals surface area (Å²) in [5, 5.41) is 14.0. The number of nitrogens with one attached hydrogen (secondary N) is 2. The molecule has 132 valence electrons. The van der Waals surface area contributed by atoms with Crippen LogP contribution in [0.2, 0.25) is 0 Å². The molecular formula is C18H16N4O2S2. The Labute approximate surface area is 159 Å². The van der Waals surface area contributed by atoms with E-state index in [1.807, 2.05) is 18.2 Å². The van der Waals surface area contributed by atoms with Gasteiger partial charge in [-0.15, -0.1) is 10.2 Å². The van der Waals surface area contributed by atoms with Gasteiger partial charge in [0.25, 0.3) is 5.91 Å². The molecule has 0 aliphatic heterocycles. The average molecular weight is 384 g/mol. The lowest BCUT2D eigenvalue weighted by Gasteiger charge is -2.04. The molecule has 26 heavy (non-hydrogen) atoms. The monoisotopic (exact) mass is 384 g/mol. The summed E-state index contributed by atoms with van der Waals surface area (Å²) in [5.74, 6) is 0.375. The second-order valence-corrected chi connectivity index (χ2v) is 7.56. The Morgan fingerprint density at radius 2 is 1.73 bits per heavy atom. The fourth-order valence-electron chi connectivity index (χ4n) is 2.12. The number of carbonyl (C=O) groups excluding carboxylic acids is 2. The maximum absolute atomic E-state index is 12.3. The van der Waals surface area contributed by atoms with Crippen LogP contribution in [0.3, 0.4) is 0 Å². The van der Waals surface area contributed by atoms with Gasteiger partial charge in [-0.25, -0.2) is 0 Å². The van der Waals surface area contributed by atoms with Gasteiger partial charge in [-0.1, -0.05) is 53.4 Å². The van der Waals surface area contributed by atoms with E-state index in [1.165, 1.54) is 23.8 Å². The van der Waals surface area contributed by atoms with Crippen molar-refractivity contribution in [2.45, 2.75) is 17.0 Å². The first-order valence-electron chi connectivity index (χ1n) is 7.79. The van der Waals surface area contributed by atoms with Crippen LogP contribution in [0.4, 0.5) is 10.8 Å². The van der Waals surface area contributed by atoms with Crippen LogP contribution in [-0.2, 0) is 10.5 Å². The first-order chi connectivity index (χ1) is 12.6. The molecule has 2 N–H and O–H groups in total. The summed E-state index contributed by atoms with van der Waals surface area (Å²) in [6.45, 7) is 1.43. The molecule has 1 aromatic heterocycles. The lowest BCUT2D eigenvalue weighted by atomic mass is 10.2. The lowest BCUT2D eigenvalue weighted by molar-refractivity contribution is -0.114. The first-order valence-corrected chi connectivity index (χ1v) is 9.59. The smallest absolute Gasteiger partial charge is 0.257 e. The zero-order valence-corrected chi connectivity index (χ0v) is 15.6. The Morgan fingerprint density at radius 3 is 2.42 bits per heavy atom. The van der Waals surface area contributed by atoms with Crippen molar-refractivity contribution in [3.05, 3.63) is 65.7 Å². The minimum Gasteiger partial charge on any atom is -0.326 e. The van der Waals surface area contributed by atoms with E-state index in [4.69, 9.17) is 0 Å². The van der Waals surface area contributed by atoms with Crippen LogP contribution in [-0.4, -0.2) is 22.0 Å². The number of anilines is 2. The van der Waals surface area contributed by atoms with Gasteiger partial charge in [0.2, 0.25) is 11.0 Å². The number of hydrogen-bond donors (Lipinski definition) is 2. The highest BCUT2D eigenvalue weighted by atomic mass is 32.2. The molecule has 0 fully saturated rings. The highest BCUT2D eigenvalue weighted by Crippen LogP contribution is 2.28. The highest BCUT2D eigenvalue weighted by molar-refractivity contribution is 8.00. The molecule has 3 rings (SSSR count). The van der Waals surface area contributed by atoms with Gasteiger partial charge in [-0.2, -0.15) is 0 Å². The van der Waals surface area contributed by atoms with Crippen molar-refractivity contribution >= 4 is 45.7 Å². The van der Waals surface area contributed by atoms with Crippen LogP contribution in [0.15, 0.2) is 58.9 Å². The highest BCUT2D eigenvalue weighted by Gasteiger charge is 2.11. The topological polar surface area (TPSA) is 84.0 Å². The molecule has 0 bridgehead atoms. The SMILES string of the molecule is CC(=O)Nc1ccc(C(=O)Nc2nnc(SCc3ccccc3)s2)cc1. The van der Waals surface area contributed by atoms with E-state index in [9.17, 15) is 9.59 Å². The molecule has 8 heteroatoms. The van der Waals surface area contributed by atoms with Gasteiger partial charge >= 0.3 is 0 Å². The second-order valence-electron chi connectivity index (χ2n) is 5.36. The number of benzene rings is 2. The van der Waals surface area contributed by atoms with Crippen molar-refractivity contribution in [1.29, 1.82) is 0 Å². The lowest BCUT2D eigenvalue weighted by Crippen LogP contribution is -2.12. The van der Waals surface area contributed by atoms with Crippen molar-refractivity contribution in [3.63, 3.8) is 0 Å². The fourth-order valence-corrected chi connectivity index (χ4v) is 3.82. The van der Waals surface area contributed by atoms with E-state index in [-0.39, 0.29) is 11.8 Å². The third-order valence-corrected chi connectivity index (χ3v) is 5.34. The molecule has 0 unspecified atom stereocenters. The van der Waals surface area contributed by atoms with Crippen LogP contribution in [0, 0.1) is 0 Å². The molecule has 6 nitrogen and oxygen atoms in total. The van der Waals surface area contributed by atoms with Gasteiger partial charge in [0.1, 0.15) is 0 Å². The summed E-state index contributed by atoms with van der Waals surface area (Å²) in [6, 6.07) is 16.7. The van der Waals surface area contributed by atoms with Gasteiger partial charge in [-0.3, -0.25) is 14.9 Å². The molecule has 0 spiro atoms. The molecular weight excluding hydrogens is 368 g/mol. The summed E-state index contributed by atoms with van der Waals surface area (Å²) in [5.41, 5.74) is 2.33. The summed E-state index contributed by atoms with van der Waals surface area (Å²) >= 11 is 2.92. The van der Waals surface area contributed by atoms with Gasteiger partial charge in [0.05, 0.1) is 0 Å². The van der Waals surface area contributed by atoms with Crippen molar-refractivity contribution in [2.24, 2.45) is 0 Å². The molecule has 0 saturated carbocycles. The minimum atomic E-state index is -0.268. The Balaban J connectivity index is 1.56.